The van der Waals surface area contributed by atoms with Gasteiger partial charge in [-0.25, -0.2) is 17.2 Å². The molecule has 0 fully saturated rings. The molecule has 2 rings (SSSR count). The number of amides is 1. The molecule has 0 aromatic heterocycles. The fourth-order valence-electron chi connectivity index (χ4n) is 2.37. The minimum atomic E-state index is -3.50. The summed E-state index contributed by atoms with van der Waals surface area (Å²) in [5, 5.41) is 2.45. The first-order valence-electron chi connectivity index (χ1n) is 7.70. The van der Waals surface area contributed by atoms with Crippen LogP contribution in [0.5, 0.6) is 0 Å². The Hall–Kier alpha value is -2.28. The number of nitrogens with one attached hydrogen (secondary N) is 1. The van der Waals surface area contributed by atoms with Gasteiger partial charge >= 0.3 is 0 Å². The van der Waals surface area contributed by atoms with E-state index in [4.69, 9.17) is 0 Å². The molecule has 0 bridgehead atoms. The molecule has 1 N–H and O–H groups in total. The minimum absolute atomic E-state index is 0.0273. The van der Waals surface area contributed by atoms with Crippen LogP contribution in [0.1, 0.15) is 29.8 Å². The highest BCUT2D eigenvalue weighted by Gasteiger charge is 2.18. The maximum Gasteiger partial charge on any atom is 0.255 e. The van der Waals surface area contributed by atoms with Crippen LogP contribution in [-0.2, 0) is 9.84 Å². The smallest absolute Gasteiger partial charge is 0.255 e. The van der Waals surface area contributed by atoms with E-state index in [0.29, 0.717) is 0 Å². The maximum absolute atomic E-state index is 13.4. The summed E-state index contributed by atoms with van der Waals surface area (Å²) in [6.07, 6.45) is 0. The first kappa shape index (κ1) is 19.1. The van der Waals surface area contributed by atoms with Crippen molar-refractivity contribution in [3.05, 3.63) is 59.2 Å². The van der Waals surface area contributed by atoms with Crippen LogP contribution in [0.15, 0.2) is 41.3 Å². The molecule has 0 aliphatic heterocycles. The number of carbonyl (C=O) groups excluding carboxylic acids is 1. The van der Waals surface area contributed by atoms with Gasteiger partial charge in [0.1, 0.15) is 0 Å². The molecule has 134 valence electrons. The minimum Gasteiger partial charge on any atom is -0.322 e. The van der Waals surface area contributed by atoms with Crippen molar-refractivity contribution in [1.82, 2.24) is 0 Å². The molecule has 7 heteroatoms. The molecule has 1 amide bonds. The molecule has 2 aromatic rings. The predicted molar refractivity (Wildman–Crippen MR) is 92.4 cm³/mol. The first-order chi connectivity index (χ1) is 11.6. The summed E-state index contributed by atoms with van der Waals surface area (Å²) in [4.78, 5) is 12.4. The lowest BCUT2D eigenvalue weighted by Crippen LogP contribution is -2.15. The molecule has 4 nitrogen and oxygen atoms in total. The van der Waals surface area contributed by atoms with E-state index in [0.717, 1.165) is 6.07 Å². The molecule has 0 spiro atoms. The van der Waals surface area contributed by atoms with E-state index in [1.54, 1.807) is 13.8 Å². The number of benzene rings is 2. The summed E-state index contributed by atoms with van der Waals surface area (Å²) < 4.78 is 51.3. The standard InChI is InChI=1S/C18H19F2NO3S/c1-11(2)10-25(23,24)15-6-4-5-13(8-15)18(22)21-14-7-12(3)17(20)16(19)9-14/h4-9,11H,10H2,1-3H3,(H,21,22). The average Bonchev–Trinajstić information content (AvgIpc) is 2.51. The predicted octanol–water partition coefficient (Wildman–Crippen LogP) is 3.96. The summed E-state index contributed by atoms with van der Waals surface area (Å²) in [6.45, 7) is 4.96. The van der Waals surface area contributed by atoms with Crippen LogP contribution in [0.4, 0.5) is 14.5 Å². The summed E-state index contributed by atoms with van der Waals surface area (Å²) >= 11 is 0. The van der Waals surface area contributed by atoms with Crippen LogP contribution < -0.4 is 5.32 Å². The molecule has 0 radical (unpaired) electrons. The monoisotopic (exact) mass is 367 g/mol. The molecule has 0 saturated heterocycles. The summed E-state index contributed by atoms with van der Waals surface area (Å²) in [6, 6.07) is 7.81. The van der Waals surface area contributed by atoms with Gasteiger partial charge in [-0.05, 0) is 42.7 Å². The van der Waals surface area contributed by atoms with Gasteiger partial charge in [-0.15, -0.1) is 0 Å². The third-order valence-corrected chi connectivity index (χ3v) is 5.55. The van der Waals surface area contributed by atoms with E-state index < -0.39 is 27.4 Å². The lowest BCUT2D eigenvalue weighted by molar-refractivity contribution is 0.102. The number of sulfone groups is 1. The van der Waals surface area contributed by atoms with Crippen molar-refractivity contribution in [3.63, 3.8) is 0 Å². The summed E-state index contributed by atoms with van der Waals surface area (Å²) in [5.41, 5.74) is 0.271. The molecule has 0 unspecified atom stereocenters. The van der Waals surface area contributed by atoms with Crippen LogP contribution in [-0.4, -0.2) is 20.1 Å². The highest BCUT2D eigenvalue weighted by Crippen LogP contribution is 2.20. The van der Waals surface area contributed by atoms with Gasteiger partial charge in [0.25, 0.3) is 5.91 Å². The van der Waals surface area contributed by atoms with E-state index in [2.05, 4.69) is 5.32 Å². The summed E-state index contributed by atoms with van der Waals surface area (Å²) in [7, 11) is -3.50. The SMILES string of the molecule is Cc1cc(NC(=O)c2cccc(S(=O)(=O)CC(C)C)c2)cc(F)c1F. The highest BCUT2D eigenvalue weighted by molar-refractivity contribution is 7.91. The molecule has 2 aromatic carbocycles. The van der Waals surface area contributed by atoms with E-state index in [1.165, 1.54) is 37.3 Å². The second-order valence-corrected chi connectivity index (χ2v) is 8.28. The topological polar surface area (TPSA) is 63.2 Å². The fourth-order valence-corrected chi connectivity index (χ4v) is 4.03. The molecule has 0 aliphatic carbocycles. The Kier molecular flexibility index (Phi) is 5.57. The Morgan fingerprint density at radius 1 is 1.16 bits per heavy atom. The molecular weight excluding hydrogens is 348 g/mol. The number of aryl methyl sites for hydroxylation is 1. The van der Waals surface area contributed by atoms with E-state index >= 15 is 0 Å². The maximum atomic E-state index is 13.4. The van der Waals surface area contributed by atoms with Crippen molar-refractivity contribution >= 4 is 21.4 Å². The number of anilines is 1. The molecular formula is C18H19F2NO3S. The Morgan fingerprint density at radius 2 is 1.84 bits per heavy atom. The number of carbonyl (C=O) groups is 1. The lowest BCUT2D eigenvalue weighted by atomic mass is 10.1. The number of hydrogen-bond donors (Lipinski definition) is 1. The average molecular weight is 367 g/mol. The van der Waals surface area contributed by atoms with Crippen LogP contribution in [0.3, 0.4) is 0 Å². The van der Waals surface area contributed by atoms with Gasteiger partial charge in [0, 0.05) is 17.3 Å². The Labute approximate surface area is 145 Å². The lowest BCUT2D eigenvalue weighted by Gasteiger charge is -2.10. The molecule has 0 saturated carbocycles. The van der Waals surface area contributed by atoms with Gasteiger partial charge in [0.05, 0.1) is 10.6 Å². The van der Waals surface area contributed by atoms with Crippen molar-refractivity contribution in [1.29, 1.82) is 0 Å². The van der Waals surface area contributed by atoms with E-state index in [-0.39, 0.29) is 33.4 Å². The van der Waals surface area contributed by atoms with Gasteiger partial charge in [0.15, 0.2) is 21.5 Å². The van der Waals surface area contributed by atoms with Gasteiger partial charge in [-0.1, -0.05) is 19.9 Å². The van der Waals surface area contributed by atoms with Gasteiger partial charge in [-0.2, -0.15) is 0 Å². The zero-order chi connectivity index (χ0) is 18.8. The first-order valence-corrected chi connectivity index (χ1v) is 9.35. The van der Waals surface area contributed by atoms with Gasteiger partial charge < -0.3 is 5.32 Å². The number of halogens is 2. The highest BCUT2D eigenvalue weighted by atomic mass is 32.2. The van der Waals surface area contributed by atoms with Crippen molar-refractivity contribution in [2.24, 2.45) is 5.92 Å². The second-order valence-electron chi connectivity index (χ2n) is 6.25. The third kappa shape index (κ3) is 4.63. The van der Waals surface area contributed by atoms with Crippen LogP contribution in [0.2, 0.25) is 0 Å². The summed E-state index contributed by atoms with van der Waals surface area (Å²) in [5.74, 6) is -2.72. The van der Waals surface area contributed by atoms with E-state index in [1.807, 2.05) is 0 Å². The fraction of sp³-hybridized carbons (Fsp3) is 0.278. The Morgan fingerprint density at radius 3 is 2.44 bits per heavy atom. The van der Waals surface area contributed by atoms with Crippen LogP contribution in [0, 0.1) is 24.5 Å². The second kappa shape index (κ2) is 7.31. The normalized spacial score (nSPS) is 11.6. The van der Waals surface area contributed by atoms with Crippen molar-refractivity contribution in [2.45, 2.75) is 25.7 Å². The largest absolute Gasteiger partial charge is 0.322 e. The van der Waals surface area contributed by atoms with Crippen LogP contribution >= 0.6 is 0 Å². The zero-order valence-corrected chi connectivity index (χ0v) is 15.0. The number of rotatable bonds is 5. The van der Waals surface area contributed by atoms with Crippen molar-refractivity contribution in [2.75, 3.05) is 11.1 Å². The number of hydrogen-bond acceptors (Lipinski definition) is 3. The van der Waals surface area contributed by atoms with Crippen LogP contribution in [0.25, 0.3) is 0 Å². The van der Waals surface area contributed by atoms with Gasteiger partial charge in [-0.3, -0.25) is 4.79 Å². The molecule has 0 aliphatic rings. The third-order valence-electron chi connectivity index (χ3n) is 3.48. The van der Waals surface area contributed by atoms with Gasteiger partial charge in [0.2, 0.25) is 0 Å². The molecule has 25 heavy (non-hydrogen) atoms. The van der Waals surface area contributed by atoms with E-state index in [9.17, 15) is 22.0 Å². The Balaban J connectivity index is 2.28. The zero-order valence-electron chi connectivity index (χ0n) is 14.1. The molecule has 0 heterocycles. The van der Waals surface area contributed by atoms with Crippen molar-refractivity contribution in [3.8, 4) is 0 Å². The van der Waals surface area contributed by atoms with Crippen molar-refractivity contribution < 1.29 is 22.0 Å². The Bertz CT molecular complexity index is 885. The quantitative estimate of drug-likeness (QED) is 0.870. The molecule has 0 atom stereocenters.